The van der Waals surface area contributed by atoms with Gasteiger partial charge in [-0.1, -0.05) is 48.5 Å². The summed E-state index contributed by atoms with van der Waals surface area (Å²) in [4.78, 5) is 19.1. The molecule has 1 aromatic heterocycles. The summed E-state index contributed by atoms with van der Waals surface area (Å²) in [6.07, 6.45) is 4.36. The molecule has 8 heteroatoms. The zero-order chi connectivity index (χ0) is 23.1. The first kappa shape index (κ1) is 21.5. The van der Waals surface area contributed by atoms with Gasteiger partial charge in [-0.15, -0.1) is 0 Å². The number of hydrogen-bond donors (Lipinski definition) is 1. The molecule has 5 rings (SSSR count). The summed E-state index contributed by atoms with van der Waals surface area (Å²) in [6.45, 7) is 1.56. The number of anilines is 2. The van der Waals surface area contributed by atoms with Gasteiger partial charge in [-0.3, -0.25) is 9.29 Å². The monoisotopic (exact) mass is 462 g/mol. The molecule has 2 aliphatic rings. The van der Waals surface area contributed by atoms with Crippen LogP contribution in [-0.4, -0.2) is 50.2 Å². The molecule has 33 heavy (non-hydrogen) atoms. The number of fused-ring (bicyclic) bond motifs is 2. The molecule has 0 bridgehead atoms. The van der Waals surface area contributed by atoms with Gasteiger partial charge in [0.25, 0.3) is 0 Å². The lowest BCUT2D eigenvalue weighted by atomic mass is 9.74. The Morgan fingerprint density at radius 3 is 2.33 bits per heavy atom. The summed E-state index contributed by atoms with van der Waals surface area (Å²) < 4.78 is 26.2. The van der Waals surface area contributed by atoms with E-state index in [0.29, 0.717) is 38.2 Å². The molecular weight excluding hydrogens is 436 g/mol. The van der Waals surface area contributed by atoms with E-state index in [1.165, 1.54) is 10.6 Å². The molecule has 3 heterocycles. The topological polar surface area (TPSA) is 82.6 Å². The van der Waals surface area contributed by atoms with Gasteiger partial charge in [0.15, 0.2) is 0 Å². The highest BCUT2D eigenvalue weighted by Crippen LogP contribution is 2.47. The number of para-hydroxylation sites is 1. The largest absolute Gasteiger partial charge is 0.324 e. The Kier molecular flexibility index (Phi) is 5.32. The summed E-state index contributed by atoms with van der Waals surface area (Å²) in [7, 11) is -3.35. The molecule has 0 saturated carbocycles. The summed E-state index contributed by atoms with van der Waals surface area (Å²) in [5.41, 5.74) is 4.10. The average Bonchev–Trinajstić information content (AvgIpc) is 3.15. The van der Waals surface area contributed by atoms with Crippen molar-refractivity contribution in [1.82, 2.24) is 9.88 Å². The number of urea groups is 1. The number of piperidine rings is 1. The average molecular weight is 463 g/mol. The van der Waals surface area contributed by atoms with Crippen LogP contribution < -0.4 is 9.62 Å². The fraction of sp³-hybridized carbons (Fsp3) is 0.280. The molecule has 2 amide bonds. The Balaban J connectivity index is 1.26. The normalized spacial score (nSPS) is 17.1. The third-order valence-corrected chi connectivity index (χ3v) is 7.81. The van der Waals surface area contributed by atoms with Crippen LogP contribution >= 0.6 is 0 Å². The number of pyridine rings is 1. The summed E-state index contributed by atoms with van der Waals surface area (Å²) in [6, 6.07) is 21.2. The molecule has 1 saturated heterocycles. The van der Waals surface area contributed by atoms with Crippen LogP contribution in [0.4, 0.5) is 16.2 Å². The van der Waals surface area contributed by atoms with Gasteiger partial charge >= 0.3 is 6.03 Å². The quantitative estimate of drug-likeness (QED) is 0.636. The van der Waals surface area contributed by atoms with Crippen LogP contribution in [0.15, 0.2) is 72.9 Å². The van der Waals surface area contributed by atoms with Crippen LogP contribution in [0.25, 0.3) is 11.3 Å². The van der Waals surface area contributed by atoms with Crippen LogP contribution in [0.3, 0.4) is 0 Å². The number of nitrogens with one attached hydrogen (secondary N) is 1. The number of amides is 2. The third kappa shape index (κ3) is 4.06. The number of rotatable bonds is 3. The minimum Gasteiger partial charge on any atom is -0.324 e. The van der Waals surface area contributed by atoms with E-state index in [4.69, 9.17) is 0 Å². The fourth-order valence-corrected chi connectivity index (χ4v) is 5.89. The Bertz CT molecular complexity index is 1270. The Morgan fingerprint density at radius 2 is 1.67 bits per heavy atom. The van der Waals surface area contributed by atoms with Crippen molar-refractivity contribution in [1.29, 1.82) is 0 Å². The minimum absolute atomic E-state index is 0.162. The highest BCUT2D eigenvalue weighted by molar-refractivity contribution is 7.92. The van der Waals surface area contributed by atoms with Crippen LogP contribution in [0, 0.1) is 0 Å². The van der Waals surface area contributed by atoms with E-state index in [1.807, 2.05) is 66.7 Å². The molecular formula is C25H26N4O3S. The maximum Gasteiger partial charge on any atom is 0.321 e. The van der Waals surface area contributed by atoms with Gasteiger partial charge in [0.2, 0.25) is 10.0 Å². The van der Waals surface area contributed by atoms with Crippen molar-refractivity contribution >= 4 is 27.4 Å². The number of hydrogen-bond acceptors (Lipinski definition) is 4. The van der Waals surface area contributed by atoms with Crippen molar-refractivity contribution in [3.8, 4) is 11.3 Å². The van der Waals surface area contributed by atoms with E-state index in [2.05, 4.69) is 10.3 Å². The van der Waals surface area contributed by atoms with Crippen LogP contribution in [0.2, 0.25) is 0 Å². The molecule has 2 aromatic carbocycles. The van der Waals surface area contributed by atoms with Gasteiger partial charge in [-0.25, -0.2) is 13.2 Å². The second kappa shape index (κ2) is 8.19. The number of likely N-dealkylation sites (tertiary alicyclic amines) is 1. The van der Waals surface area contributed by atoms with Crippen LogP contribution in [0.5, 0.6) is 0 Å². The van der Waals surface area contributed by atoms with E-state index >= 15 is 0 Å². The molecule has 0 aliphatic carbocycles. The lowest BCUT2D eigenvalue weighted by Gasteiger charge is -2.39. The number of sulfonamides is 1. The number of benzene rings is 2. The second-order valence-corrected chi connectivity index (χ2v) is 10.7. The van der Waals surface area contributed by atoms with E-state index in [1.54, 1.807) is 11.1 Å². The van der Waals surface area contributed by atoms with Crippen molar-refractivity contribution in [2.24, 2.45) is 0 Å². The van der Waals surface area contributed by atoms with Gasteiger partial charge in [-0.2, -0.15) is 0 Å². The molecule has 2 aliphatic heterocycles. The lowest BCUT2D eigenvalue weighted by molar-refractivity contribution is 0.173. The SMILES string of the molecule is CS(=O)(=O)N1CC2(CCN(C(=O)Nc3ccc(-c4ccccc4)nc3)CC2)c2ccccc21. The summed E-state index contributed by atoms with van der Waals surface area (Å²) in [5, 5.41) is 2.94. The van der Waals surface area contributed by atoms with Gasteiger partial charge in [0.05, 0.1) is 29.5 Å². The van der Waals surface area contributed by atoms with Crippen molar-refractivity contribution in [3.05, 3.63) is 78.5 Å². The zero-order valence-electron chi connectivity index (χ0n) is 18.4. The van der Waals surface area contributed by atoms with Crippen LogP contribution in [-0.2, 0) is 15.4 Å². The van der Waals surface area contributed by atoms with Gasteiger partial charge in [0, 0.05) is 30.6 Å². The third-order valence-electron chi connectivity index (χ3n) is 6.68. The molecule has 0 atom stereocenters. The van der Waals surface area contributed by atoms with Crippen molar-refractivity contribution in [3.63, 3.8) is 0 Å². The Hall–Kier alpha value is -3.39. The first-order chi connectivity index (χ1) is 15.9. The molecule has 1 fully saturated rings. The maximum absolute atomic E-state index is 12.9. The first-order valence-electron chi connectivity index (χ1n) is 11.0. The van der Waals surface area contributed by atoms with E-state index in [0.717, 1.165) is 22.5 Å². The molecule has 0 unspecified atom stereocenters. The maximum atomic E-state index is 12.9. The molecule has 7 nitrogen and oxygen atoms in total. The van der Waals surface area contributed by atoms with Gasteiger partial charge in [-0.05, 0) is 36.6 Å². The molecule has 3 aromatic rings. The van der Waals surface area contributed by atoms with Gasteiger partial charge in [0.1, 0.15) is 0 Å². The van der Waals surface area contributed by atoms with E-state index in [9.17, 15) is 13.2 Å². The molecule has 1 N–H and O–H groups in total. The summed E-state index contributed by atoms with van der Waals surface area (Å²) in [5.74, 6) is 0. The lowest BCUT2D eigenvalue weighted by Crippen LogP contribution is -2.48. The molecule has 1 spiro atoms. The van der Waals surface area contributed by atoms with E-state index in [-0.39, 0.29) is 11.4 Å². The number of nitrogens with zero attached hydrogens (tertiary/aromatic N) is 3. The highest BCUT2D eigenvalue weighted by Gasteiger charge is 2.47. The van der Waals surface area contributed by atoms with Gasteiger partial charge < -0.3 is 10.2 Å². The number of aromatic nitrogens is 1. The van der Waals surface area contributed by atoms with Crippen molar-refractivity contribution in [2.75, 3.05) is 35.5 Å². The highest BCUT2D eigenvalue weighted by atomic mass is 32.2. The number of carbonyl (C=O) groups is 1. The smallest absolute Gasteiger partial charge is 0.321 e. The number of carbonyl (C=O) groups excluding carboxylic acids is 1. The van der Waals surface area contributed by atoms with Crippen LogP contribution in [0.1, 0.15) is 18.4 Å². The molecule has 170 valence electrons. The second-order valence-electron chi connectivity index (χ2n) is 8.78. The summed E-state index contributed by atoms with van der Waals surface area (Å²) >= 11 is 0. The predicted octanol–water partition coefficient (Wildman–Crippen LogP) is 4.09. The minimum atomic E-state index is -3.35. The Morgan fingerprint density at radius 1 is 0.970 bits per heavy atom. The molecule has 0 radical (unpaired) electrons. The zero-order valence-corrected chi connectivity index (χ0v) is 19.3. The Labute approximate surface area is 194 Å². The standard InChI is InChI=1S/C25H26N4O3S/c1-33(31,32)29-18-25(21-9-5-6-10-23(21)29)13-15-28(16-14-25)24(30)27-20-11-12-22(26-17-20)19-7-3-2-4-8-19/h2-12,17H,13-16,18H2,1H3,(H,27,30). The van der Waals surface area contributed by atoms with Crippen molar-refractivity contribution < 1.29 is 13.2 Å². The predicted molar refractivity (Wildman–Crippen MR) is 130 cm³/mol. The van der Waals surface area contributed by atoms with E-state index < -0.39 is 10.0 Å². The fourth-order valence-electron chi connectivity index (χ4n) is 4.90. The van der Waals surface area contributed by atoms with Crippen molar-refractivity contribution in [2.45, 2.75) is 18.3 Å². The first-order valence-corrected chi connectivity index (χ1v) is 12.9.